The van der Waals surface area contributed by atoms with E-state index in [0.717, 1.165) is 47.9 Å². The monoisotopic (exact) mass is 404 g/mol. The fraction of sp³-hybridized carbons (Fsp3) is 0.304. The average Bonchev–Trinajstić information content (AvgIpc) is 3.20. The minimum Gasteiger partial charge on any atom is -0.474 e. The Bertz CT molecular complexity index is 1090. The van der Waals surface area contributed by atoms with Crippen molar-refractivity contribution in [3.8, 4) is 17.0 Å². The Labute approximate surface area is 174 Å². The molecule has 2 amide bonds. The maximum Gasteiger partial charge on any atom is 0.233 e. The third-order valence-corrected chi connectivity index (χ3v) is 5.07. The molecule has 0 aliphatic heterocycles. The second-order valence-corrected chi connectivity index (χ2v) is 7.55. The molecule has 1 aliphatic carbocycles. The number of aromatic nitrogens is 2. The normalized spacial score (nSPS) is 13.9. The first-order valence-electron chi connectivity index (χ1n) is 10.1. The Balaban J connectivity index is 1.72. The molecule has 0 unspecified atom stereocenters. The summed E-state index contributed by atoms with van der Waals surface area (Å²) in [6, 6.07) is 13.5. The Hall–Kier alpha value is -3.48. The molecule has 1 aromatic heterocycles. The quantitative estimate of drug-likeness (QED) is 0.651. The molecule has 0 radical (unpaired) electrons. The number of carbonyl (C=O) groups is 2. The van der Waals surface area contributed by atoms with Crippen LogP contribution in [0.4, 0.5) is 11.6 Å². The van der Waals surface area contributed by atoms with Gasteiger partial charge in [-0.3, -0.25) is 14.9 Å². The summed E-state index contributed by atoms with van der Waals surface area (Å²) in [5, 5.41) is 6.23. The fourth-order valence-electron chi connectivity index (χ4n) is 3.70. The van der Waals surface area contributed by atoms with E-state index in [9.17, 15) is 9.59 Å². The minimum absolute atomic E-state index is 0.103. The van der Waals surface area contributed by atoms with E-state index in [1.54, 1.807) is 0 Å². The summed E-state index contributed by atoms with van der Waals surface area (Å²) >= 11 is 0. The van der Waals surface area contributed by atoms with Crippen LogP contribution in [0.5, 0.6) is 5.88 Å². The van der Waals surface area contributed by atoms with Gasteiger partial charge in [-0.1, -0.05) is 18.2 Å². The van der Waals surface area contributed by atoms with E-state index in [-0.39, 0.29) is 23.9 Å². The van der Waals surface area contributed by atoms with Crippen molar-refractivity contribution in [3.63, 3.8) is 0 Å². The Morgan fingerprint density at radius 2 is 1.57 bits per heavy atom. The van der Waals surface area contributed by atoms with Gasteiger partial charge < -0.3 is 10.1 Å². The van der Waals surface area contributed by atoms with Crippen LogP contribution in [0.15, 0.2) is 42.5 Å². The number of nitrogens with one attached hydrogen (secondary N) is 2. The highest BCUT2D eigenvalue weighted by atomic mass is 16.5. The summed E-state index contributed by atoms with van der Waals surface area (Å²) < 4.78 is 6.21. The van der Waals surface area contributed by atoms with Crippen molar-refractivity contribution in [2.75, 3.05) is 10.6 Å². The van der Waals surface area contributed by atoms with E-state index in [2.05, 4.69) is 20.6 Å². The highest BCUT2D eigenvalue weighted by molar-refractivity contribution is 5.92. The SMILES string of the molecule is CC(=O)Nc1ccc(-c2ccc3nc(NC(C)=O)nc(OC4CCCC4)c3c2)cc1. The molecule has 30 heavy (non-hydrogen) atoms. The Morgan fingerprint density at radius 3 is 2.23 bits per heavy atom. The zero-order valence-corrected chi connectivity index (χ0v) is 17.1. The number of rotatable bonds is 5. The van der Waals surface area contributed by atoms with Crippen LogP contribution in [-0.2, 0) is 9.59 Å². The predicted molar refractivity (Wildman–Crippen MR) is 116 cm³/mol. The van der Waals surface area contributed by atoms with E-state index >= 15 is 0 Å². The standard InChI is InChI=1S/C23H24N4O3/c1-14(28)24-18-10-7-16(8-11-18)17-9-12-21-20(13-17)22(30-19-5-3-4-6-19)27-23(26-21)25-15(2)29/h7-13,19H,3-6H2,1-2H3,(H,24,28)(H,25,26,27,29). The molecular formula is C23H24N4O3. The first-order valence-corrected chi connectivity index (χ1v) is 10.1. The molecule has 3 aromatic rings. The number of fused-ring (bicyclic) bond motifs is 1. The zero-order chi connectivity index (χ0) is 21.1. The summed E-state index contributed by atoms with van der Waals surface area (Å²) in [5.74, 6) is 0.411. The van der Waals surface area contributed by atoms with Crippen LogP contribution in [0.1, 0.15) is 39.5 Å². The van der Waals surface area contributed by atoms with Crippen LogP contribution in [-0.4, -0.2) is 27.9 Å². The number of amides is 2. The van der Waals surface area contributed by atoms with Crippen molar-refractivity contribution in [1.82, 2.24) is 9.97 Å². The summed E-state index contributed by atoms with van der Waals surface area (Å²) in [6.45, 7) is 2.91. The fourth-order valence-corrected chi connectivity index (χ4v) is 3.70. The van der Waals surface area contributed by atoms with Crippen LogP contribution in [0.25, 0.3) is 22.0 Å². The average molecular weight is 404 g/mol. The second kappa shape index (κ2) is 8.49. The lowest BCUT2D eigenvalue weighted by Gasteiger charge is -2.15. The maximum absolute atomic E-state index is 11.5. The Morgan fingerprint density at radius 1 is 0.900 bits per heavy atom. The van der Waals surface area contributed by atoms with Crippen molar-refractivity contribution in [3.05, 3.63) is 42.5 Å². The number of hydrogen-bond donors (Lipinski definition) is 2. The van der Waals surface area contributed by atoms with E-state index < -0.39 is 0 Å². The van der Waals surface area contributed by atoms with Crippen LogP contribution in [0.3, 0.4) is 0 Å². The van der Waals surface area contributed by atoms with Gasteiger partial charge in [0.2, 0.25) is 23.6 Å². The summed E-state index contributed by atoms with van der Waals surface area (Å²) in [5.41, 5.74) is 3.45. The van der Waals surface area contributed by atoms with Gasteiger partial charge in [-0.2, -0.15) is 4.98 Å². The molecule has 1 aliphatic rings. The minimum atomic E-state index is -0.225. The zero-order valence-electron chi connectivity index (χ0n) is 17.1. The maximum atomic E-state index is 11.5. The number of benzene rings is 2. The van der Waals surface area contributed by atoms with Crippen LogP contribution in [0, 0.1) is 0 Å². The van der Waals surface area contributed by atoms with E-state index in [4.69, 9.17) is 4.74 Å². The van der Waals surface area contributed by atoms with Gasteiger partial charge in [-0.05, 0) is 61.1 Å². The summed E-state index contributed by atoms with van der Waals surface area (Å²) in [6.07, 6.45) is 4.45. The van der Waals surface area contributed by atoms with Crippen LogP contribution < -0.4 is 15.4 Å². The number of anilines is 2. The molecule has 2 aromatic carbocycles. The number of ether oxygens (including phenoxy) is 1. The lowest BCUT2D eigenvalue weighted by atomic mass is 10.0. The van der Waals surface area contributed by atoms with Gasteiger partial charge in [0.25, 0.3) is 0 Å². The number of nitrogens with zero attached hydrogens (tertiary/aromatic N) is 2. The van der Waals surface area contributed by atoms with Crippen LogP contribution in [0.2, 0.25) is 0 Å². The Kier molecular flexibility index (Phi) is 5.61. The summed E-state index contributed by atoms with van der Waals surface area (Å²) in [7, 11) is 0. The highest BCUT2D eigenvalue weighted by Crippen LogP contribution is 2.32. The van der Waals surface area contributed by atoms with Crippen molar-refractivity contribution < 1.29 is 14.3 Å². The van der Waals surface area contributed by atoms with Crippen molar-refractivity contribution in [2.24, 2.45) is 0 Å². The molecule has 0 bridgehead atoms. The van der Waals surface area contributed by atoms with Gasteiger partial charge in [0.05, 0.1) is 10.9 Å². The molecule has 0 saturated heterocycles. The molecular weight excluding hydrogens is 380 g/mol. The smallest absolute Gasteiger partial charge is 0.233 e. The molecule has 1 saturated carbocycles. The van der Waals surface area contributed by atoms with Gasteiger partial charge in [0, 0.05) is 19.5 Å². The van der Waals surface area contributed by atoms with Crippen molar-refractivity contribution in [1.29, 1.82) is 0 Å². The van der Waals surface area contributed by atoms with Gasteiger partial charge in [-0.15, -0.1) is 0 Å². The molecule has 4 rings (SSSR count). The second-order valence-electron chi connectivity index (χ2n) is 7.55. The summed E-state index contributed by atoms with van der Waals surface area (Å²) in [4.78, 5) is 31.6. The first kappa shape index (κ1) is 19.8. The van der Waals surface area contributed by atoms with E-state index in [1.165, 1.54) is 13.8 Å². The lowest BCUT2D eigenvalue weighted by molar-refractivity contribution is -0.115. The van der Waals surface area contributed by atoms with Crippen LogP contribution >= 0.6 is 0 Å². The molecule has 1 heterocycles. The van der Waals surface area contributed by atoms with Gasteiger partial charge in [-0.25, -0.2) is 4.98 Å². The molecule has 0 spiro atoms. The number of hydrogen-bond acceptors (Lipinski definition) is 5. The molecule has 7 nitrogen and oxygen atoms in total. The third kappa shape index (κ3) is 4.56. The molecule has 0 atom stereocenters. The molecule has 2 N–H and O–H groups in total. The lowest BCUT2D eigenvalue weighted by Crippen LogP contribution is -2.15. The van der Waals surface area contributed by atoms with Gasteiger partial charge >= 0.3 is 0 Å². The van der Waals surface area contributed by atoms with E-state index in [1.807, 2.05) is 42.5 Å². The first-order chi connectivity index (χ1) is 14.5. The number of carbonyl (C=O) groups excluding carboxylic acids is 2. The molecule has 154 valence electrons. The molecule has 7 heteroatoms. The largest absolute Gasteiger partial charge is 0.474 e. The van der Waals surface area contributed by atoms with Crippen molar-refractivity contribution >= 4 is 34.4 Å². The van der Waals surface area contributed by atoms with Gasteiger partial charge in [0.15, 0.2) is 0 Å². The topological polar surface area (TPSA) is 93.2 Å². The van der Waals surface area contributed by atoms with Crippen molar-refractivity contribution in [2.45, 2.75) is 45.6 Å². The predicted octanol–water partition coefficient (Wildman–Crippen LogP) is 4.54. The van der Waals surface area contributed by atoms with Gasteiger partial charge in [0.1, 0.15) is 6.10 Å². The third-order valence-electron chi connectivity index (χ3n) is 5.07. The molecule has 1 fully saturated rings. The van der Waals surface area contributed by atoms with E-state index in [0.29, 0.717) is 11.4 Å². The highest BCUT2D eigenvalue weighted by Gasteiger charge is 2.20.